The van der Waals surface area contributed by atoms with E-state index >= 15 is 0 Å². The molecule has 1 aromatic carbocycles. The van der Waals surface area contributed by atoms with Crippen LogP contribution >= 0.6 is 0 Å². The molecule has 1 saturated heterocycles. The van der Waals surface area contributed by atoms with E-state index in [-0.39, 0.29) is 29.4 Å². The van der Waals surface area contributed by atoms with Gasteiger partial charge in [0.05, 0.1) is 24.5 Å². The van der Waals surface area contributed by atoms with Crippen molar-refractivity contribution in [2.75, 3.05) is 45.2 Å². The quantitative estimate of drug-likeness (QED) is 0.688. The summed E-state index contributed by atoms with van der Waals surface area (Å²) >= 11 is 0. The average molecular weight is 432 g/mol. The van der Waals surface area contributed by atoms with Crippen molar-refractivity contribution in [1.82, 2.24) is 19.8 Å². The normalized spacial score (nSPS) is 16.9. The smallest absolute Gasteiger partial charge is 0.257 e. The number of ether oxygens (including phenoxy) is 2. The lowest BCUT2D eigenvalue weighted by atomic mass is 10.1. The molecule has 1 amide bonds. The molecule has 1 aromatic heterocycles. The topological polar surface area (TPSA) is 79.8 Å². The van der Waals surface area contributed by atoms with Crippen molar-refractivity contribution in [3.8, 4) is 11.5 Å². The molecule has 2 aromatic rings. The molecule has 0 aliphatic carbocycles. The van der Waals surface area contributed by atoms with Gasteiger partial charge >= 0.3 is 0 Å². The van der Waals surface area contributed by atoms with E-state index in [2.05, 4.69) is 27.2 Å². The fourth-order valence-electron chi connectivity index (χ4n) is 3.50. The van der Waals surface area contributed by atoms with Gasteiger partial charge < -0.3 is 24.6 Å². The van der Waals surface area contributed by atoms with Crippen LogP contribution < -0.4 is 10.1 Å². The highest BCUT2D eigenvalue weighted by Gasteiger charge is 2.23. The molecule has 9 heteroatoms. The monoisotopic (exact) mass is 431 g/mol. The zero-order valence-electron chi connectivity index (χ0n) is 18.5. The van der Waals surface area contributed by atoms with Gasteiger partial charge in [-0.25, -0.2) is 14.4 Å². The molecule has 1 N–H and O–H groups in total. The van der Waals surface area contributed by atoms with Gasteiger partial charge in [0.2, 0.25) is 0 Å². The van der Waals surface area contributed by atoms with Gasteiger partial charge in [-0.05, 0) is 46.0 Å². The van der Waals surface area contributed by atoms with E-state index < -0.39 is 5.82 Å². The molecule has 1 unspecified atom stereocenters. The lowest BCUT2D eigenvalue weighted by Crippen LogP contribution is -2.43. The van der Waals surface area contributed by atoms with E-state index in [1.165, 1.54) is 30.7 Å². The molecule has 0 radical (unpaired) electrons. The maximum atomic E-state index is 14.0. The van der Waals surface area contributed by atoms with Crippen LogP contribution in [0.3, 0.4) is 0 Å². The third kappa shape index (κ3) is 5.89. The summed E-state index contributed by atoms with van der Waals surface area (Å²) in [5.74, 6) is 0.274. The van der Waals surface area contributed by atoms with E-state index in [1.807, 2.05) is 20.8 Å². The second-order valence-corrected chi connectivity index (χ2v) is 7.80. The van der Waals surface area contributed by atoms with Gasteiger partial charge in [0, 0.05) is 32.2 Å². The molecule has 0 spiro atoms. The summed E-state index contributed by atoms with van der Waals surface area (Å²) in [5, 5.41) is 3.24. The second kappa shape index (κ2) is 10.5. The first-order valence-electron chi connectivity index (χ1n) is 10.5. The van der Waals surface area contributed by atoms with Gasteiger partial charge in [-0.1, -0.05) is 0 Å². The van der Waals surface area contributed by atoms with Crippen LogP contribution in [-0.2, 0) is 4.74 Å². The van der Waals surface area contributed by atoms with Crippen LogP contribution in [0.1, 0.15) is 31.1 Å². The summed E-state index contributed by atoms with van der Waals surface area (Å²) in [6.45, 7) is 9.17. The number of amides is 1. The molecule has 0 bridgehead atoms. The average Bonchev–Trinajstić information content (AvgIpc) is 2.74. The third-order valence-electron chi connectivity index (χ3n) is 5.13. The van der Waals surface area contributed by atoms with Gasteiger partial charge in [-0.2, -0.15) is 0 Å². The van der Waals surface area contributed by atoms with Crippen molar-refractivity contribution in [3.63, 3.8) is 0 Å². The van der Waals surface area contributed by atoms with E-state index in [4.69, 9.17) is 9.47 Å². The van der Waals surface area contributed by atoms with Crippen molar-refractivity contribution in [1.29, 1.82) is 0 Å². The molecule has 1 fully saturated rings. The van der Waals surface area contributed by atoms with Gasteiger partial charge in [-0.15, -0.1) is 0 Å². The number of nitrogens with one attached hydrogen (secondary N) is 1. The van der Waals surface area contributed by atoms with Crippen LogP contribution in [-0.4, -0.2) is 77.7 Å². The van der Waals surface area contributed by atoms with Crippen molar-refractivity contribution in [2.24, 2.45) is 0 Å². The predicted molar refractivity (Wildman–Crippen MR) is 116 cm³/mol. The Morgan fingerprint density at radius 3 is 2.94 bits per heavy atom. The molecule has 31 heavy (non-hydrogen) atoms. The summed E-state index contributed by atoms with van der Waals surface area (Å²) in [6, 6.07) is 3.89. The number of morpholine rings is 1. The minimum atomic E-state index is -0.503. The zero-order valence-corrected chi connectivity index (χ0v) is 18.5. The Hall–Kier alpha value is -2.78. The first kappa shape index (κ1) is 22.9. The number of anilines is 1. The minimum Gasteiger partial charge on any atom is -0.451 e. The molecule has 0 saturated carbocycles. The van der Waals surface area contributed by atoms with Crippen LogP contribution in [0.15, 0.2) is 30.7 Å². The van der Waals surface area contributed by atoms with E-state index in [0.29, 0.717) is 31.3 Å². The SMILES string of the molecule is CCN(C(=O)c1cc(F)ccc1Oc1cncnc1NCC1CN(C)CCO1)C(C)C. The molecule has 1 aliphatic heterocycles. The third-order valence-corrected chi connectivity index (χ3v) is 5.13. The number of nitrogens with zero attached hydrogens (tertiary/aromatic N) is 4. The Labute approximate surface area is 182 Å². The first-order chi connectivity index (χ1) is 14.9. The standard InChI is InChI=1S/C22H30FN5O3/c1-5-28(15(2)3)22(29)18-10-16(23)6-7-19(18)31-20-12-24-14-26-21(20)25-11-17-13-27(4)8-9-30-17/h6-7,10,12,14-15,17H,5,8-9,11,13H2,1-4H3,(H,24,25,26). The fourth-order valence-corrected chi connectivity index (χ4v) is 3.50. The number of rotatable bonds is 8. The van der Waals surface area contributed by atoms with Crippen molar-refractivity contribution >= 4 is 11.7 Å². The van der Waals surface area contributed by atoms with Crippen molar-refractivity contribution < 1.29 is 18.7 Å². The summed E-state index contributed by atoms with van der Waals surface area (Å²) < 4.78 is 25.7. The lowest BCUT2D eigenvalue weighted by molar-refractivity contribution is -0.0117. The van der Waals surface area contributed by atoms with Crippen LogP contribution in [0.5, 0.6) is 11.5 Å². The number of hydrogen-bond donors (Lipinski definition) is 1. The van der Waals surface area contributed by atoms with E-state index in [9.17, 15) is 9.18 Å². The van der Waals surface area contributed by atoms with Crippen LogP contribution in [0.25, 0.3) is 0 Å². The van der Waals surface area contributed by atoms with Crippen LogP contribution in [0, 0.1) is 5.82 Å². The first-order valence-corrected chi connectivity index (χ1v) is 10.5. The molecule has 3 rings (SSSR count). The molecule has 1 aliphatic rings. The van der Waals surface area contributed by atoms with Gasteiger partial charge in [-0.3, -0.25) is 4.79 Å². The minimum absolute atomic E-state index is 0.0219. The lowest BCUT2D eigenvalue weighted by Gasteiger charge is -2.30. The highest BCUT2D eigenvalue weighted by Crippen LogP contribution is 2.31. The Kier molecular flexibility index (Phi) is 7.75. The number of likely N-dealkylation sites (N-methyl/N-ethyl adjacent to an activating group) is 1. The van der Waals surface area contributed by atoms with E-state index in [1.54, 1.807) is 4.90 Å². The summed E-state index contributed by atoms with van der Waals surface area (Å²) in [5.41, 5.74) is 0.155. The number of benzene rings is 1. The molecular weight excluding hydrogens is 401 g/mol. The predicted octanol–water partition coefficient (Wildman–Crippen LogP) is 3.02. The number of halogens is 1. The number of carbonyl (C=O) groups excluding carboxylic acids is 1. The van der Waals surface area contributed by atoms with Crippen molar-refractivity contribution in [3.05, 3.63) is 42.1 Å². The number of aromatic nitrogens is 2. The maximum Gasteiger partial charge on any atom is 0.257 e. The Balaban J connectivity index is 1.80. The van der Waals surface area contributed by atoms with Crippen LogP contribution in [0.2, 0.25) is 0 Å². The number of hydrogen-bond acceptors (Lipinski definition) is 7. The highest BCUT2D eigenvalue weighted by atomic mass is 19.1. The van der Waals surface area contributed by atoms with Crippen molar-refractivity contribution in [2.45, 2.75) is 32.9 Å². The van der Waals surface area contributed by atoms with E-state index in [0.717, 1.165) is 13.1 Å². The Bertz CT molecular complexity index is 895. The largest absolute Gasteiger partial charge is 0.451 e. The zero-order chi connectivity index (χ0) is 22.4. The molecule has 2 heterocycles. The summed E-state index contributed by atoms with van der Waals surface area (Å²) in [6.07, 6.45) is 2.95. The summed E-state index contributed by atoms with van der Waals surface area (Å²) in [7, 11) is 2.05. The maximum absolute atomic E-state index is 14.0. The highest BCUT2D eigenvalue weighted by molar-refractivity contribution is 5.97. The molecule has 168 valence electrons. The molecule has 1 atom stereocenters. The Morgan fingerprint density at radius 1 is 1.42 bits per heavy atom. The fraction of sp³-hybridized carbons (Fsp3) is 0.500. The van der Waals surface area contributed by atoms with Gasteiger partial charge in [0.25, 0.3) is 5.91 Å². The van der Waals surface area contributed by atoms with Crippen LogP contribution in [0.4, 0.5) is 10.2 Å². The summed E-state index contributed by atoms with van der Waals surface area (Å²) in [4.78, 5) is 25.2. The van der Waals surface area contributed by atoms with Gasteiger partial charge in [0.1, 0.15) is 17.9 Å². The molecular formula is C22H30FN5O3. The second-order valence-electron chi connectivity index (χ2n) is 7.80. The Morgan fingerprint density at radius 2 is 2.23 bits per heavy atom. The van der Waals surface area contributed by atoms with Gasteiger partial charge in [0.15, 0.2) is 11.6 Å². The number of carbonyl (C=O) groups is 1. The molecule has 8 nitrogen and oxygen atoms in total.